The van der Waals surface area contributed by atoms with Crippen molar-refractivity contribution in [2.24, 2.45) is 0 Å². The predicted molar refractivity (Wildman–Crippen MR) is 80.9 cm³/mol. The number of ether oxygens (including phenoxy) is 1. The summed E-state index contributed by atoms with van der Waals surface area (Å²) in [5, 5.41) is 9.08. The van der Waals surface area contributed by atoms with Gasteiger partial charge in [0.1, 0.15) is 29.1 Å². The van der Waals surface area contributed by atoms with Gasteiger partial charge in [-0.1, -0.05) is 12.1 Å². The third-order valence-corrected chi connectivity index (χ3v) is 3.13. The molecule has 0 saturated heterocycles. The van der Waals surface area contributed by atoms with Crippen molar-refractivity contribution < 1.29 is 9.13 Å². The molecule has 0 spiro atoms. The third kappa shape index (κ3) is 2.94. The van der Waals surface area contributed by atoms with E-state index in [9.17, 15) is 4.39 Å². The Balaban J connectivity index is 1.84. The summed E-state index contributed by atoms with van der Waals surface area (Å²) in [6.45, 7) is 0. The van der Waals surface area contributed by atoms with Crippen molar-refractivity contribution >= 4 is 0 Å². The Morgan fingerprint density at radius 2 is 1.55 bits per heavy atom. The zero-order chi connectivity index (χ0) is 15.4. The second-order valence-corrected chi connectivity index (χ2v) is 4.59. The molecule has 0 aliphatic heterocycles. The Bertz CT molecular complexity index is 821. The van der Waals surface area contributed by atoms with E-state index >= 15 is 0 Å². The van der Waals surface area contributed by atoms with E-state index in [0.29, 0.717) is 17.2 Å². The third-order valence-electron chi connectivity index (χ3n) is 3.13. The lowest BCUT2D eigenvalue weighted by atomic mass is 10.0. The molecule has 1 heterocycles. The van der Waals surface area contributed by atoms with Crippen molar-refractivity contribution in [1.29, 1.82) is 5.26 Å². The lowest BCUT2D eigenvalue weighted by Gasteiger charge is -2.07. The number of halogens is 1. The van der Waals surface area contributed by atoms with E-state index in [1.807, 2.05) is 18.2 Å². The lowest BCUT2D eigenvalue weighted by molar-refractivity contribution is 0.480. The highest BCUT2D eigenvalue weighted by Gasteiger charge is 2.05. The summed E-state index contributed by atoms with van der Waals surface area (Å²) in [6.07, 6.45) is 1.59. The maximum absolute atomic E-state index is 12.8. The molecular formula is C18H11FN2O. The summed E-state index contributed by atoms with van der Waals surface area (Å²) in [6, 6.07) is 18.9. The Morgan fingerprint density at radius 3 is 2.18 bits per heavy atom. The van der Waals surface area contributed by atoms with E-state index in [2.05, 4.69) is 11.1 Å². The first-order valence-corrected chi connectivity index (χ1v) is 6.65. The molecule has 4 heteroatoms. The molecule has 22 heavy (non-hydrogen) atoms. The number of pyridine rings is 1. The van der Waals surface area contributed by atoms with Gasteiger partial charge in [-0.2, -0.15) is 5.26 Å². The second-order valence-electron chi connectivity index (χ2n) is 4.59. The quantitative estimate of drug-likeness (QED) is 0.710. The summed E-state index contributed by atoms with van der Waals surface area (Å²) >= 11 is 0. The number of nitrogens with zero attached hydrogens (tertiary/aromatic N) is 2. The normalized spacial score (nSPS) is 10.0. The highest BCUT2D eigenvalue weighted by atomic mass is 19.1. The van der Waals surface area contributed by atoms with Gasteiger partial charge in [-0.3, -0.25) is 0 Å². The van der Waals surface area contributed by atoms with Crippen LogP contribution in [-0.2, 0) is 0 Å². The van der Waals surface area contributed by atoms with Crippen LogP contribution in [-0.4, -0.2) is 4.98 Å². The highest BCUT2D eigenvalue weighted by molar-refractivity contribution is 5.69. The van der Waals surface area contributed by atoms with Crippen molar-refractivity contribution in [3.8, 4) is 28.7 Å². The average molecular weight is 290 g/mol. The first-order chi connectivity index (χ1) is 10.8. The molecule has 2 aromatic carbocycles. The molecule has 1 aromatic heterocycles. The molecule has 0 aliphatic carbocycles. The van der Waals surface area contributed by atoms with Crippen LogP contribution in [0.15, 0.2) is 66.9 Å². The molecule has 0 radical (unpaired) electrons. The molecule has 106 valence electrons. The van der Waals surface area contributed by atoms with E-state index in [1.165, 1.54) is 12.1 Å². The standard InChI is InChI=1S/C18H11FN2O/c19-14-5-9-16(10-6-14)22-15-7-3-13(4-8-15)17-2-1-11-21-18(17)12-20/h1-11H. The van der Waals surface area contributed by atoms with Crippen LogP contribution in [0, 0.1) is 17.1 Å². The molecule has 3 nitrogen and oxygen atoms in total. The Morgan fingerprint density at radius 1 is 0.909 bits per heavy atom. The maximum atomic E-state index is 12.8. The van der Waals surface area contributed by atoms with Gasteiger partial charge in [0.05, 0.1) is 0 Å². The van der Waals surface area contributed by atoms with Gasteiger partial charge in [-0.05, 0) is 54.1 Å². The van der Waals surface area contributed by atoms with Crippen LogP contribution in [0.25, 0.3) is 11.1 Å². The van der Waals surface area contributed by atoms with Crippen molar-refractivity contribution in [3.05, 3.63) is 78.4 Å². The van der Waals surface area contributed by atoms with Gasteiger partial charge in [0.2, 0.25) is 0 Å². The molecule has 0 atom stereocenters. The van der Waals surface area contributed by atoms with E-state index in [0.717, 1.165) is 11.1 Å². The van der Waals surface area contributed by atoms with Gasteiger partial charge in [0.25, 0.3) is 0 Å². The van der Waals surface area contributed by atoms with Gasteiger partial charge in [-0.25, -0.2) is 9.37 Å². The molecule has 0 unspecified atom stereocenters. The second kappa shape index (κ2) is 6.06. The van der Waals surface area contributed by atoms with Crippen LogP contribution in [0.1, 0.15) is 5.69 Å². The van der Waals surface area contributed by atoms with Crippen molar-refractivity contribution in [1.82, 2.24) is 4.98 Å². The summed E-state index contributed by atoms with van der Waals surface area (Å²) in [7, 11) is 0. The highest BCUT2D eigenvalue weighted by Crippen LogP contribution is 2.27. The van der Waals surface area contributed by atoms with Crippen LogP contribution in [0.3, 0.4) is 0 Å². The van der Waals surface area contributed by atoms with Crippen molar-refractivity contribution in [2.75, 3.05) is 0 Å². The molecule has 0 bridgehead atoms. The van der Waals surface area contributed by atoms with Crippen molar-refractivity contribution in [3.63, 3.8) is 0 Å². The Labute approximate surface area is 127 Å². The summed E-state index contributed by atoms with van der Waals surface area (Å²) in [5.74, 6) is 0.898. The fourth-order valence-corrected chi connectivity index (χ4v) is 2.07. The van der Waals surface area contributed by atoms with Crippen LogP contribution < -0.4 is 4.74 Å². The fraction of sp³-hybridized carbons (Fsp3) is 0. The van der Waals surface area contributed by atoms with Gasteiger partial charge < -0.3 is 4.74 Å². The van der Waals surface area contributed by atoms with Crippen molar-refractivity contribution in [2.45, 2.75) is 0 Å². The summed E-state index contributed by atoms with van der Waals surface area (Å²) < 4.78 is 18.5. The lowest BCUT2D eigenvalue weighted by Crippen LogP contribution is -1.88. The van der Waals surface area contributed by atoms with Gasteiger partial charge >= 0.3 is 0 Å². The maximum Gasteiger partial charge on any atom is 0.148 e. The van der Waals surface area contributed by atoms with E-state index < -0.39 is 0 Å². The zero-order valence-electron chi connectivity index (χ0n) is 11.5. The fourth-order valence-electron chi connectivity index (χ4n) is 2.07. The predicted octanol–water partition coefficient (Wildman–Crippen LogP) is 4.55. The average Bonchev–Trinajstić information content (AvgIpc) is 2.58. The first kappa shape index (κ1) is 13.8. The van der Waals surface area contributed by atoms with Crippen LogP contribution in [0.4, 0.5) is 4.39 Å². The monoisotopic (exact) mass is 290 g/mol. The topological polar surface area (TPSA) is 45.9 Å². The number of hydrogen-bond donors (Lipinski definition) is 0. The molecule has 0 saturated carbocycles. The van der Waals surface area contributed by atoms with Crippen LogP contribution in [0.2, 0.25) is 0 Å². The van der Waals surface area contributed by atoms with Crippen LogP contribution in [0.5, 0.6) is 11.5 Å². The molecule has 0 N–H and O–H groups in total. The molecule has 0 fully saturated rings. The van der Waals surface area contributed by atoms with Gasteiger partial charge in [0, 0.05) is 11.8 Å². The summed E-state index contributed by atoms with van der Waals surface area (Å²) in [5.41, 5.74) is 2.05. The summed E-state index contributed by atoms with van der Waals surface area (Å²) in [4.78, 5) is 4.04. The number of nitriles is 1. The van der Waals surface area contributed by atoms with Crippen LogP contribution >= 0.6 is 0 Å². The van der Waals surface area contributed by atoms with E-state index in [1.54, 1.807) is 36.5 Å². The minimum atomic E-state index is -0.302. The minimum absolute atomic E-state index is 0.302. The minimum Gasteiger partial charge on any atom is -0.457 e. The van der Waals surface area contributed by atoms with Gasteiger partial charge in [0.15, 0.2) is 0 Å². The molecule has 3 aromatic rings. The Hall–Kier alpha value is -3.19. The zero-order valence-corrected chi connectivity index (χ0v) is 11.5. The number of hydrogen-bond acceptors (Lipinski definition) is 3. The SMILES string of the molecule is N#Cc1ncccc1-c1ccc(Oc2ccc(F)cc2)cc1. The number of aromatic nitrogens is 1. The molecule has 3 rings (SSSR count). The van der Waals surface area contributed by atoms with Gasteiger partial charge in [-0.15, -0.1) is 0 Å². The number of rotatable bonds is 3. The first-order valence-electron chi connectivity index (χ1n) is 6.65. The number of benzene rings is 2. The Kier molecular flexibility index (Phi) is 3.80. The molecule has 0 aliphatic rings. The molecule has 0 amide bonds. The van der Waals surface area contributed by atoms with E-state index in [4.69, 9.17) is 10.00 Å². The molecular weight excluding hydrogens is 279 g/mol. The largest absolute Gasteiger partial charge is 0.457 e. The van der Waals surface area contributed by atoms with E-state index in [-0.39, 0.29) is 5.82 Å². The smallest absolute Gasteiger partial charge is 0.148 e.